The summed E-state index contributed by atoms with van der Waals surface area (Å²) in [5, 5.41) is 2.01. The first-order chi connectivity index (χ1) is 18.8. The van der Waals surface area contributed by atoms with Crippen LogP contribution >= 0.6 is 57.7 Å². The van der Waals surface area contributed by atoms with E-state index in [4.69, 9.17) is 55.9 Å². The molecular weight excluding hydrogens is 626 g/mol. The van der Waals surface area contributed by atoms with E-state index >= 15 is 0 Å². The first-order valence-electron chi connectivity index (χ1n) is 12.2. The van der Waals surface area contributed by atoms with Crippen LogP contribution < -0.4 is 5.32 Å². The number of anilines is 1. The average Bonchev–Trinajstić information content (AvgIpc) is 3.38. The number of carbonyl (C=O) groups is 5. The Hall–Kier alpha value is -2.37. The van der Waals surface area contributed by atoms with Gasteiger partial charge in [0.25, 0.3) is 17.7 Å². The molecule has 0 saturated heterocycles. The third kappa shape index (κ3) is 5.32. The zero-order valence-corrected chi connectivity index (χ0v) is 25.6. The van der Waals surface area contributed by atoms with Gasteiger partial charge in [0.05, 0.1) is 43.9 Å². The molecule has 14 heteroatoms. The molecule has 0 saturated carbocycles. The lowest BCUT2D eigenvalue weighted by atomic mass is 9.88. The highest BCUT2D eigenvalue weighted by atomic mass is 35.5. The summed E-state index contributed by atoms with van der Waals surface area (Å²) in [6.45, 7) is 4.57. The third-order valence-corrected chi connectivity index (χ3v) is 9.76. The number of carbonyl (C=O) groups excluding carboxylic acids is 5. The predicted octanol–water partition coefficient (Wildman–Crippen LogP) is 6.08. The van der Waals surface area contributed by atoms with Crippen molar-refractivity contribution < 1.29 is 33.4 Å². The molecule has 1 aliphatic heterocycles. The number of ether oxygens (including phenoxy) is 2. The Morgan fingerprint density at radius 2 is 1.60 bits per heavy atom. The average molecular weight is 650 g/mol. The summed E-state index contributed by atoms with van der Waals surface area (Å²) in [4.78, 5) is 66.6. The van der Waals surface area contributed by atoms with Crippen LogP contribution in [0, 0.1) is 11.8 Å². The maximum absolute atomic E-state index is 13.3. The molecule has 0 bridgehead atoms. The van der Waals surface area contributed by atoms with E-state index < -0.39 is 48.2 Å². The molecule has 214 valence electrons. The van der Waals surface area contributed by atoms with E-state index in [-0.39, 0.29) is 31.2 Å². The molecule has 2 atom stereocenters. The van der Waals surface area contributed by atoms with Crippen LogP contribution in [0.25, 0.3) is 0 Å². The minimum atomic E-state index is -1.41. The van der Waals surface area contributed by atoms with Gasteiger partial charge in [-0.1, -0.05) is 67.2 Å². The van der Waals surface area contributed by atoms with Crippen LogP contribution in [0.4, 0.5) is 5.00 Å². The van der Waals surface area contributed by atoms with Crippen LogP contribution in [0.15, 0.2) is 0 Å². The molecule has 1 aromatic carbocycles. The lowest BCUT2D eigenvalue weighted by Gasteiger charge is -2.27. The number of esters is 2. The molecule has 0 spiro atoms. The fourth-order valence-corrected chi connectivity index (χ4v) is 7.27. The highest BCUT2D eigenvalue weighted by Crippen LogP contribution is 2.45. The van der Waals surface area contributed by atoms with Gasteiger partial charge in [-0.25, -0.2) is 9.59 Å². The fraction of sp³-hybridized carbons (Fsp3) is 0.423. The minimum absolute atomic E-state index is 0.202. The lowest BCUT2D eigenvalue weighted by Crippen LogP contribution is -2.49. The topological polar surface area (TPSA) is 119 Å². The monoisotopic (exact) mass is 648 g/mol. The zero-order chi connectivity index (χ0) is 29.6. The van der Waals surface area contributed by atoms with Crippen molar-refractivity contribution >= 4 is 92.4 Å². The molecule has 4 rings (SSSR count). The Kier molecular flexibility index (Phi) is 9.06. The van der Waals surface area contributed by atoms with Crippen molar-refractivity contribution in [2.75, 3.05) is 19.0 Å². The van der Waals surface area contributed by atoms with Crippen LogP contribution in [0.2, 0.25) is 20.1 Å². The molecule has 2 aromatic rings. The molecular formula is C26H24Cl4N2O7S. The van der Waals surface area contributed by atoms with E-state index in [1.165, 1.54) is 18.4 Å². The Morgan fingerprint density at radius 3 is 2.12 bits per heavy atom. The minimum Gasteiger partial charge on any atom is -0.465 e. The number of nitrogens with zero attached hydrogens (tertiary/aromatic N) is 1. The van der Waals surface area contributed by atoms with Crippen molar-refractivity contribution in [1.29, 1.82) is 0 Å². The van der Waals surface area contributed by atoms with Crippen LogP contribution in [-0.4, -0.2) is 54.3 Å². The number of hydrogen-bond donors (Lipinski definition) is 1. The van der Waals surface area contributed by atoms with E-state index in [1.54, 1.807) is 13.8 Å². The van der Waals surface area contributed by atoms with Gasteiger partial charge < -0.3 is 14.8 Å². The number of rotatable bonds is 7. The molecule has 1 aliphatic carbocycles. The maximum Gasteiger partial charge on any atom is 0.341 e. The zero-order valence-electron chi connectivity index (χ0n) is 21.8. The molecule has 2 aliphatic rings. The second-order valence-electron chi connectivity index (χ2n) is 9.88. The molecule has 1 aromatic heterocycles. The van der Waals surface area contributed by atoms with Gasteiger partial charge in [0.1, 0.15) is 11.0 Å². The molecule has 3 amide bonds. The van der Waals surface area contributed by atoms with Crippen molar-refractivity contribution in [2.24, 2.45) is 11.8 Å². The van der Waals surface area contributed by atoms with Crippen LogP contribution in [0.5, 0.6) is 0 Å². The molecule has 9 nitrogen and oxygen atoms in total. The first-order valence-corrected chi connectivity index (χ1v) is 14.6. The third-order valence-electron chi connectivity index (χ3n) is 6.78. The second kappa shape index (κ2) is 11.9. The van der Waals surface area contributed by atoms with Gasteiger partial charge in [-0.05, 0) is 36.7 Å². The SMILES string of the molecule is COC(=O)c1c(NC(=O)COC(=O)[C@@H](C(C)C)N2C(=O)c3c(Cl)c(Cl)c(Cl)c(Cl)c3C2=O)sc2c1CC[C@H](C)C2. The number of amides is 3. The van der Waals surface area contributed by atoms with Crippen molar-refractivity contribution in [2.45, 2.75) is 46.1 Å². The van der Waals surface area contributed by atoms with E-state index in [2.05, 4.69) is 12.2 Å². The summed E-state index contributed by atoms with van der Waals surface area (Å²) in [6.07, 6.45) is 2.36. The molecule has 0 fully saturated rings. The summed E-state index contributed by atoms with van der Waals surface area (Å²) in [6, 6.07) is -1.41. The number of thiophene rings is 1. The molecule has 1 N–H and O–H groups in total. The molecule has 2 heterocycles. The predicted molar refractivity (Wildman–Crippen MR) is 152 cm³/mol. The quantitative estimate of drug-likeness (QED) is 0.167. The summed E-state index contributed by atoms with van der Waals surface area (Å²) < 4.78 is 10.2. The van der Waals surface area contributed by atoms with Crippen molar-refractivity contribution in [3.63, 3.8) is 0 Å². The van der Waals surface area contributed by atoms with E-state index in [0.717, 1.165) is 23.3 Å². The van der Waals surface area contributed by atoms with Gasteiger partial charge in [0, 0.05) is 4.88 Å². The molecule has 0 radical (unpaired) electrons. The Morgan fingerprint density at radius 1 is 1.02 bits per heavy atom. The Bertz CT molecular complexity index is 1410. The second-order valence-corrected chi connectivity index (χ2v) is 12.5. The number of nitrogens with one attached hydrogen (secondary N) is 1. The number of hydrogen-bond acceptors (Lipinski definition) is 8. The number of methoxy groups -OCH3 is 1. The smallest absolute Gasteiger partial charge is 0.341 e. The van der Waals surface area contributed by atoms with Gasteiger partial charge in [-0.2, -0.15) is 0 Å². The van der Waals surface area contributed by atoms with E-state index in [1.807, 2.05) is 0 Å². The number of benzene rings is 1. The Balaban J connectivity index is 1.52. The maximum atomic E-state index is 13.3. The highest BCUT2D eigenvalue weighted by Gasteiger charge is 2.48. The standard InChI is InChI=1S/C26H24Cl4N2O7S/c1-9(2)21(32-23(34)15-16(24(32)35)18(28)20(30)19(29)17(15)27)26(37)39-8-13(33)31-22-14(25(36)38-4)11-6-5-10(3)7-12(11)40-22/h9-10,21H,5-8H2,1-4H3,(H,31,33)/t10-,21+/m0/s1. The summed E-state index contributed by atoms with van der Waals surface area (Å²) >= 11 is 25.8. The van der Waals surface area contributed by atoms with Gasteiger partial charge in [0.15, 0.2) is 6.61 Å². The summed E-state index contributed by atoms with van der Waals surface area (Å²) in [7, 11) is 1.26. The summed E-state index contributed by atoms with van der Waals surface area (Å²) in [5.41, 5.74) is 0.610. The number of imide groups is 1. The van der Waals surface area contributed by atoms with Crippen molar-refractivity contribution in [1.82, 2.24) is 4.90 Å². The normalized spacial score (nSPS) is 17.0. The van der Waals surface area contributed by atoms with Crippen molar-refractivity contribution in [3.8, 4) is 0 Å². The fourth-order valence-electron chi connectivity index (χ4n) is 4.84. The van der Waals surface area contributed by atoms with Crippen LogP contribution in [0.1, 0.15) is 68.7 Å². The van der Waals surface area contributed by atoms with Crippen LogP contribution in [0.3, 0.4) is 0 Å². The Labute approximate surface area is 254 Å². The molecule has 40 heavy (non-hydrogen) atoms. The van der Waals surface area contributed by atoms with Gasteiger partial charge in [-0.15, -0.1) is 11.3 Å². The number of fused-ring (bicyclic) bond motifs is 2. The summed E-state index contributed by atoms with van der Waals surface area (Å²) in [5.74, 6) is -4.25. The first kappa shape index (κ1) is 30.6. The van der Waals surface area contributed by atoms with Gasteiger partial charge in [-0.3, -0.25) is 19.3 Å². The molecule has 0 unspecified atom stereocenters. The van der Waals surface area contributed by atoms with Crippen molar-refractivity contribution in [3.05, 3.63) is 47.2 Å². The number of halogens is 4. The van der Waals surface area contributed by atoms with Gasteiger partial charge in [0.2, 0.25) is 0 Å². The van der Waals surface area contributed by atoms with E-state index in [9.17, 15) is 24.0 Å². The van der Waals surface area contributed by atoms with Crippen LogP contribution in [-0.2, 0) is 31.9 Å². The highest BCUT2D eigenvalue weighted by molar-refractivity contribution is 7.17. The largest absolute Gasteiger partial charge is 0.465 e. The van der Waals surface area contributed by atoms with E-state index in [0.29, 0.717) is 27.8 Å². The van der Waals surface area contributed by atoms with Gasteiger partial charge >= 0.3 is 11.9 Å². The lowest BCUT2D eigenvalue weighted by molar-refractivity contribution is -0.152.